The molecule has 3 rings (SSSR count). The Kier molecular flexibility index (Phi) is 3.86. The SMILES string of the molecule is Cc1cc(NC(=O)Cn2cc(NC(=O)C3CCC3)nn2)n[nH]1. The molecule has 2 aromatic heterocycles. The summed E-state index contributed by atoms with van der Waals surface area (Å²) in [7, 11) is 0. The number of hydrogen-bond donors (Lipinski definition) is 3. The summed E-state index contributed by atoms with van der Waals surface area (Å²) in [6.45, 7) is 1.84. The molecule has 0 unspecified atom stereocenters. The quantitative estimate of drug-likeness (QED) is 0.751. The van der Waals surface area contributed by atoms with Crippen LogP contribution in [0.2, 0.25) is 0 Å². The van der Waals surface area contributed by atoms with Gasteiger partial charge in [0, 0.05) is 17.7 Å². The molecule has 3 N–H and O–H groups in total. The molecule has 1 aliphatic rings. The summed E-state index contributed by atoms with van der Waals surface area (Å²) < 4.78 is 1.37. The first-order valence-corrected chi connectivity index (χ1v) is 7.13. The summed E-state index contributed by atoms with van der Waals surface area (Å²) in [4.78, 5) is 23.6. The Bertz CT molecular complexity index is 686. The molecule has 9 heteroatoms. The van der Waals surface area contributed by atoms with Gasteiger partial charge >= 0.3 is 0 Å². The van der Waals surface area contributed by atoms with Gasteiger partial charge in [0.25, 0.3) is 0 Å². The van der Waals surface area contributed by atoms with E-state index in [4.69, 9.17) is 0 Å². The van der Waals surface area contributed by atoms with Crippen molar-refractivity contribution < 1.29 is 9.59 Å². The number of rotatable bonds is 5. The third-order valence-electron chi connectivity index (χ3n) is 3.54. The van der Waals surface area contributed by atoms with Crippen LogP contribution in [0.15, 0.2) is 12.3 Å². The molecule has 2 amide bonds. The Hall–Kier alpha value is -2.71. The number of nitrogens with one attached hydrogen (secondary N) is 3. The van der Waals surface area contributed by atoms with Gasteiger partial charge in [0.05, 0.1) is 6.20 Å². The number of amides is 2. The van der Waals surface area contributed by atoms with Crippen LogP contribution < -0.4 is 10.6 Å². The Morgan fingerprint density at radius 2 is 2.18 bits per heavy atom. The summed E-state index contributed by atoms with van der Waals surface area (Å²) in [5, 5.41) is 19.7. The Morgan fingerprint density at radius 1 is 1.36 bits per heavy atom. The van der Waals surface area contributed by atoms with E-state index in [2.05, 4.69) is 31.1 Å². The number of aromatic amines is 1. The lowest BCUT2D eigenvalue weighted by molar-refractivity contribution is -0.122. The van der Waals surface area contributed by atoms with Gasteiger partial charge in [0.2, 0.25) is 11.8 Å². The Labute approximate surface area is 126 Å². The van der Waals surface area contributed by atoms with Crippen LogP contribution in [0.5, 0.6) is 0 Å². The second-order valence-corrected chi connectivity index (χ2v) is 5.40. The zero-order valence-electron chi connectivity index (χ0n) is 12.2. The van der Waals surface area contributed by atoms with Gasteiger partial charge in [0.15, 0.2) is 11.6 Å². The molecule has 0 spiro atoms. The number of nitrogens with zero attached hydrogens (tertiary/aromatic N) is 4. The smallest absolute Gasteiger partial charge is 0.247 e. The first-order valence-electron chi connectivity index (χ1n) is 7.13. The molecule has 0 aliphatic heterocycles. The molecule has 0 saturated heterocycles. The number of H-pyrrole nitrogens is 1. The monoisotopic (exact) mass is 303 g/mol. The average molecular weight is 303 g/mol. The maximum Gasteiger partial charge on any atom is 0.247 e. The lowest BCUT2D eigenvalue weighted by Gasteiger charge is -2.23. The van der Waals surface area contributed by atoms with E-state index in [1.165, 1.54) is 10.9 Å². The molecule has 0 atom stereocenters. The molecular weight excluding hydrogens is 286 g/mol. The van der Waals surface area contributed by atoms with Gasteiger partial charge in [-0.2, -0.15) is 5.10 Å². The number of carbonyl (C=O) groups excluding carboxylic acids is 2. The van der Waals surface area contributed by atoms with Crippen molar-refractivity contribution in [2.24, 2.45) is 5.92 Å². The van der Waals surface area contributed by atoms with Crippen molar-refractivity contribution in [2.45, 2.75) is 32.7 Å². The fourth-order valence-corrected chi connectivity index (χ4v) is 2.14. The van der Waals surface area contributed by atoms with Crippen LogP contribution in [0.1, 0.15) is 25.0 Å². The molecule has 0 radical (unpaired) electrons. The van der Waals surface area contributed by atoms with Crippen LogP contribution in [-0.2, 0) is 16.1 Å². The minimum atomic E-state index is -0.270. The lowest BCUT2D eigenvalue weighted by atomic mass is 9.85. The van der Waals surface area contributed by atoms with Crippen LogP contribution in [0.3, 0.4) is 0 Å². The van der Waals surface area contributed by atoms with Gasteiger partial charge in [-0.1, -0.05) is 11.6 Å². The number of anilines is 2. The molecular formula is C13H17N7O2. The molecule has 1 fully saturated rings. The van der Waals surface area contributed by atoms with Gasteiger partial charge in [-0.05, 0) is 19.8 Å². The highest BCUT2D eigenvalue weighted by atomic mass is 16.2. The van der Waals surface area contributed by atoms with Crippen molar-refractivity contribution in [1.29, 1.82) is 0 Å². The van der Waals surface area contributed by atoms with Gasteiger partial charge < -0.3 is 10.6 Å². The minimum absolute atomic E-state index is 0.00178. The van der Waals surface area contributed by atoms with E-state index in [9.17, 15) is 9.59 Å². The van der Waals surface area contributed by atoms with Crippen molar-refractivity contribution in [3.63, 3.8) is 0 Å². The zero-order valence-corrected chi connectivity index (χ0v) is 12.2. The van der Waals surface area contributed by atoms with Crippen LogP contribution in [0, 0.1) is 12.8 Å². The summed E-state index contributed by atoms with van der Waals surface area (Å²) >= 11 is 0. The minimum Gasteiger partial charge on any atom is -0.308 e. The number of hydrogen-bond acceptors (Lipinski definition) is 5. The first-order chi connectivity index (χ1) is 10.6. The van der Waals surface area contributed by atoms with E-state index in [0.717, 1.165) is 25.0 Å². The van der Waals surface area contributed by atoms with E-state index in [-0.39, 0.29) is 24.3 Å². The Balaban J connectivity index is 1.52. The normalized spacial score (nSPS) is 14.4. The average Bonchev–Trinajstić information content (AvgIpc) is 2.96. The molecule has 1 aliphatic carbocycles. The molecule has 2 aromatic rings. The number of carbonyl (C=O) groups is 2. The van der Waals surface area contributed by atoms with Crippen molar-refractivity contribution in [3.05, 3.63) is 18.0 Å². The highest BCUT2D eigenvalue weighted by Crippen LogP contribution is 2.27. The van der Waals surface area contributed by atoms with Gasteiger partial charge in [-0.15, -0.1) is 5.10 Å². The predicted octanol–water partition coefficient (Wildman–Crippen LogP) is 0.687. The standard InChI is InChI=1S/C13H17N7O2/c1-8-5-10(17-16-8)14-12(21)7-20-6-11(18-19-20)15-13(22)9-3-2-4-9/h5-6,9H,2-4,7H2,1H3,(H,15,22)(H2,14,16,17,21). The van der Waals surface area contributed by atoms with Crippen LogP contribution in [0.25, 0.3) is 0 Å². The number of aryl methyl sites for hydroxylation is 1. The molecule has 0 aromatic carbocycles. The topological polar surface area (TPSA) is 118 Å². The van der Waals surface area contributed by atoms with E-state index in [1.807, 2.05) is 6.92 Å². The van der Waals surface area contributed by atoms with Crippen molar-refractivity contribution in [1.82, 2.24) is 25.2 Å². The molecule has 116 valence electrons. The fraction of sp³-hybridized carbons (Fsp3) is 0.462. The van der Waals surface area contributed by atoms with Gasteiger partial charge in [-0.3, -0.25) is 14.7 Å². The van der Waals surface area contributed by atoms with E-state index in [0.29, 0.717) is 11.6 Å². The van der Waals surface area contributed by atoms with Crippen LogP contribution >= 0.6 is 0 Å². The molecule has 1 saturated carbocycles. The van der Waals surface area contributed by atoms with E-state index < -0.39 is 0 Å². The van der Waals surface area contributed by atoms with Crippen molar-refractivity contribution >= 4 is 23.5 Å². The molecule has 2 heterocycles. The summed E-state index contributed by atoms with van der Waals surface area (Å²) in [6, 6.07) is 1.73. The largest absolute Gasteiger partial charge is 0.308 e. The second-order valence-electron chi connectivity index (χ2n) is 5.40. The fourth-order valence-electron chi connectivity index (χ4n) is 2.14. The summed E-state index contributed by atoms with van der Waals surface area (Å²) in [6.07, 6.45) is 4.47. The summed E-state index contributed by atoms with van der Waals surface area (Å²) in [5.74, 6) is 0.598. The van der Waals surface area contributed by atoms with Crippen molar-refractivity contribution in [3.8, 4) is 0 Å². The predicted molar refractivity (Wildman–Crippen MR) is 77.9 cm³/mol. The highest BCUT2D eigenvalue weighted by Gasteiger charge is 2.25. The number of aromatic nitrogens is 5. The molecule has 0 bridgehead atoms. The van der Waals surface area contributed by atoms with Crippen LogP contribution in [0.4, 0.5) is 11.6 Å². The summed E-state index contributed by atoms with van der Waals surface area (Å²) in [5.41, 5.74) is 0.858. The Morgan fingerprint density at radius 3 is 2.82 bits per heavy atom. The molecule has 22 heavy (non-hydrogen) atoms. The van der Waals surface area contributed by atoms with E-state index >= 15 is 0 Å². The maximum absolute atomic E-state index is 11.8. The third kappa shape index (κ3) is 3.30. The van der Waals surface area contributed by atoms with Crippen LogP contribution in [-0.4, -0.2) is 37.0 Å². The highest BCUT2D eigenvalue weighted by molar-refractivity contribution is 5.92. The zero-order chi connectivity index (χ0) is 15.5. The molecule has 9 nitrogen and oxygen atoms in total. The van der Waals surface area contributed by atoms with E-state index in [1.54, 1.807) is 6.07 Å². The second kappa shape index (κ2) is 5.96. The van der Waals surface area contributed by atoms with Gasteiger partial charge in [0.1, 0.15) is 6.54 Å². The van der Waals surface area contributed by atoms with Gasteiger partial charge in [-0.25, -0.2) is 4.68 Å². The van der Waals surface area contributed by atoms with Crippen molar-refractivity contribution in [2.75, 3.05) is 10.6 Å². The maximum atomic E-state index is 11.8. The third-order valence-corrected chi connectivity index (χ3v) is 3.54. The first kappa shape index (κ1) is 14.2. The lowest BCUT2D eigenvalue weighted by Crippen LogP contribution is -2.28.